The molecular weight excluding hydrogens is 228 g/mol. The number of carboxylic acid groups (broad SMARTS) is 1. The average molecular weight is 242 g/mol. The third kappa shape index (κ3) is 2.51. The van der Waals surface area contributed by atoms with Crippen molar-refractivity contribution in [3.8, 4) is 16.9 Å². The number of carbonyl (C=O) groups is 1. The molecule has 0 fully saturated rings. The highest BCUT2D eigenvalue weighted by molar-refractivity contribution is 5.79. The Morgan fingerprint density at radius 2 is 1.78 bits per heavy atom. The van der Waals surface area contributed by atoms with Crippen LogP contribution in [0, 0.1) is 6.92 Å². The minimum Gasteiger partial charge on any atom is -0.507 e. The number of aromatic hydroxyl groups is 1. The van der Waals surface area contributed by atoms with Gasteiger partial charge in [0.05, 0.1) is 6.42 Å². The first kappa shape index (κ1) is 12.2. The molecule has 0 saturated carbocycles. The van der Waals surface area contributed by atoms with Gasteiger partial charge in [0.1, 0.15) is 5.75 Å². The standard InChI is InChI=1S/C15H14O3/c1-10-5-7-11(8-6-10)15-12(9-14(17)18)3-2-4-13(15)16/h2-8,16H,9H2,1H3,(H,17,18). The van der Waals surface area contributed by atoms with E-state index in [-0.39, 0.29) is 12.2 Å². The van der Waals surface area contributed by atoms with E-state index in [0.29, 0.717) is 11.1 Å². The lowest BCUT2D eigenvalue weighted by molar-refractivity contribution is -0.136. The summed E-state index contributed by atoms with van der Waals surface area (Å²) < 4.78 is 0. The third-order valence-electron chi connectivity index (χ3n) is 2.81. The van der Waals surface area contributed by atoms with E-state index in [0.717, 1.165) is 11.1 Å². The van der Waals surface area contributed by atoms with Crippen LogP contribution in [0.3, 0.4) is 0 Å². The van der Waals surface area contributed by atoms with Crippen molar-refractivity contribution in [3.05, 3.63) is 53.6 Å². The van der Waals surface area contributed by atoms with Gasteiger partial charge in [-0.1, -0.05) is 42.0 Å². The number of aryl methyl sites for hydroxylation is 1. The van der Waals surface area contributed by atoms with Crippen molar-refractivity contribution in [1.29, 1.82) is 0 Å². The van der Waals surface area contributed by atoms with Gasteiger partial charge in [-0.15, -0.1) is 0 Å². The Balaban J connectivity index is 2.54. The maximum absolute atomic E-state index is 10.8. The number of aliphatic carboxylic acids is 1. The SMILES string of the molecule is Cc1ccc(-c2c(O)cccc2CC(=O)O)cc1. The second kappa shape index (κ2) is 4.92. The van der Waals surface area contributed by atoms with Crippen molar-refractivity contribution in [1.82, 2.24) is 0 Å². The summed E-state index contributed by atoms with van der Waals surface area (Å²) in [5, 5.41) is 18.8. The second-order valence-corrected chi connectivity index (χ2v) is 4.25. The van der Waals surface area contributed by atoms with Gasteiger partial charge in [-0.05, 0) is 24.1 Å². The zero-order valence-corrected chi connectivity index (χ0v) is 10.1. The quantitative estimate of drug-likeness (QED) is 0.869. The Morgan fingerprint density at radius 1 is 1.11 bits per heavy atom. The summed E-state index contributed by atoms with van der Waals surface area (Å²) in [6.45, 7) is 1.98. The molecule has 0 aromatic heterocycles. The molecule has 0 heterocycles. The molecule has 0 saturated heterocycles. The molecule has 18 heavy (non-hydrogen) atoms. The smallest absolute Gasteiger partial charge is 0.307 e. The Bertz CT molecular complexity index is 571. The lowest BCUT2D eigenvalue weighted by atomic mass is 9.96. The molecule has 2 N–H and O–H groups in total. The van der Waals surface area contributed by atoms with Crippen LogP contribution in [0.25, 0.3) is 11.1 Å². The van der Waals surface area contributed by atoms with E-state index in [9.17, 15) is 9.90 Å². The van der Waals surface area contributed by atoms with Gasteiger partial charge >= 0.3 is 5.97 Å². The molecule has 0 aliphatic heterocycles. The predicted octanol–water partition coefficient (Wildman–Crippen LogP) is 2.99. The van der Waals surface area contributed by atoms with Crippen molar-refractivity contribution in [2.45, 2.75) is 13.3 Å². The molecule has 2 aromatic carbocycles. The topological polar surface area (TPSA) is 57.5 Å². The molecule has 2 rings (SSSR count). The normalized spacial score (nSPS) is 10.3. The molecular formula is C15H14O3. The van der Waals surface area contributed by atoms with Crippen molar-refractivity contribution < 1.29 is 15.0 Å². The number of rotatable bonds is 3. The van der Waals surface area contributed by atoms with Crippen molar-refractivity contribution in [2.75, 3.05) is 0 Å². The summed E-state index contributed by atoms with van der Waals surface area (Å²) in [6, 6.07) is 12.6. The first-order valence-electron chi connectivity index (χ1n) is 5.67. The van der Waals surface area contributed by atoms with E-state index in [1.54, 1.807) is 18.2 Å². The van der Waals surface area contributed by atoms with Crippen LogP contribution in [0.2, 0.25) is 0 Å². The molecule has 0 aliphatic carbocycles. The van der Waals surface area contributed by atoms with Gasteiger partial charge in [0.15, 0.2) is 0 Å². The first-order valence-corrected chi connectivity index (χ1v) is 5.67. The van der Waals surface area contributed by atoms with Gasteiger partial charge in [0.25, 0.3) is 0 Å². The fourth-order valence-corrected chi connectivity index (χ4v) is 1.95. The van der Waals surface area contributed by atoms with Gasteiger partial charge in [-0.2, -0.15) is 0 Å². The number of phenolic OH excluding ortho intramolecular Hbond substituents is 1. The minimum atomic E-state index is -0.908. The van der Waals surface area contributed by atoms with Crippen LogP contribution in [-0.2, 0) is 11.2 Å². The molecule has 92 valence electrons. The summed E-state index contributed by atoms with van der Waals surface area (Å²) in [7, 11) is 0. The summed E-state index contributed by atoms with van der Waals surface area (Å²) in [5.74, 6) is -0.799. The zero-order valence-electron chi connectivity index (χ0n) is 10.1. The molecule has 0 aliphatic rings. The molecule has 0 radical (unpaired) electrons. The number of carboxylic acids is 1. The summed E-state index contributed by atoms with van der Waals surface area (Å²) in [5.41, 5.74) is 3.16. The maximum Gasteiger partial charge on any atom is 0.307 e. The van der Waals surface area contributed by atoms with Gasteiger partial charge in [-0.25, -0.2) is 0 Å². The van der Waals surface area contributed by atoms with Crippen LogP contribution in [0.15, 0.2) is 42.5 Å². The number of hydrogen-bond acceptors (Lipinski definition) is 2. The first-order chi connectivity index (χ1) is 8.58. The fraction of sp³-hybridized carbons (Fsp3) is 0.133. The number of hydrogen-bond donors (Lipinski definition) is 2. The average Bonchev–Trinajstić information content (AvgIpc) is 2.30. The van der Waals surface area contributed by atoms with Gasteiger partial charge in [0, 0.05) is 5.56 Å². The van der Waals surface area contributed by atoms with Crippen molar-refractivity contribution >= 4 is 5.97 Å². The molecule has 0 bridgehead atoms. The number of benzene rings is 2. The summed E-state index contributed by atoms with van der Waals surface area (Å²) in [6.07, 6.45) is -0.0996. The molecule has 3 heteroatoms. The zero-order chi connectivity index (χ0) is 13.1. The molecule has 0 amide bonds. The summed E-state index contributed by atoms with van der Waals surface area (Å²) in [4.78, 5) is 10.8. The highest BCUT2D eigenvalue weighted by Gasteiger charge is 2.12. The van der Waals surface area contributed by atoms with Crippen LogP contribution in [0.1, 0.15) is 11.1 Å². The molecule has 0 unspecified atom stereocenters. The molecule has 0 atom stereocenters. The Labute approximate surface area is 105 Å². The van der Waals surface area contributed by atoms with E-state index in [2.05, 4.69) is 0 Å². The van der Waals surface area contributed by atoms with Crippen LogP contribution < -0.4 is 0 Å². The predicted molar refractivity (Wildman–Crippen MR) is 69.6 cm³/mol. The van der Waals surface area contributed by atoms with Crippen molar-refractivity contribution in [3.63, 3.8) is 0 Å². The molecule has 0 spiro atoms. The van der Waals surface area contributed by atoms with Gasteiger partial charge in [-0.3, -0.25) is 4.79 Å². The maximum atomic E-state index is 10.8. The van der Waals surface area contributed by atoms with Crippen LogP contribution in [0.5, 0.6) is 5.75 Å². The molecule has 2 aromatic rings. The third-order valence-corrected chi connectivity index (χ3v) is 2.81. The Morgan fingerprint density at radius 3 is 2.39 bits per heavy atom. The monoisotopic (exact) mass is 242 g/mol. The van der Waals surface area contributed by atoms with E-state index >= 15 is 0 Å². The van der Waals surface area contributed by atoms with Gasteiger partial charge in [0.2, 0.25) is 0 Å². The molecule has 3 nitrogen and oxygen atoms in total. The van der Waals surface area contributed by atoms with E-state index < -0.39 is 5.97 Å². The van der Waals surface area contributed by atoms with Crippen molar-refractivity contribution in [2.24, 2.45) is 0 Å². The van der Waals surface area contributed by atoms with E-state index in [1.807, 2.05) is 31.2 Å². The van der Waals surface area contributed by atoms with Gasteiger partial charge < -0.3 is 10.2 Å². The van der Waals surface area contributed by atoms with Crippen LogP contribution in [-0.4, -0.2) is 16.2 Å². The Kier molecular flexibility index (Phi) is 3.33. The Hall–Kier alpha value is -2.29. The van der Waals surface area contributed by atoms with E-state index in [4.69, 9.17) is 5.11 Å². The largest absolute Gasteiger partial charge is 0.507 e. The highest BCUT2D eigenvalue weighted by atomic mass is 16.4. The van der Waals surface area contributed by atoms with Crippen LogP contribution in [0.4, 0.5) is 0 Å². The fourth-order valence-electron chi connectivity index (χ4n) is 1.95. The van der Waals surface area contributed by atoms with E-state index in [1.165, 1.54) is 0 Å². The lowest BCUT2D eigenvalue weighted by Crippen LogP contribution is -2.01. The summed E-state index contributed by atoms with van der Waals surface area (Å²) >= 11 is 0. The van der Waals surface area contributed by atoms with Crippen LogP contribution >= 0.6 is 0 Å². The second-order valence-electron chi connectivity index (χ2n) is 4.25. The number of phenols is 1. The lowest BCUT2D eigenvalue weighted by Gasteiger charge is -2.10. The minimum absolute atomic E-state index is 0.0996. The highest BCUT2D eigenvalue weighted by Crippen LogP contribution is 2.33.